The quantitative estimate of drug-likeness (QED) is 0.378. The molecule has 0 spiro atoms. The molecule has 0 saturated carbocycles. The minimum atomic E-state index is -0.377. The molecule has 4 aromatic rings. The highest BCUT2D eigenvalue weighted by atomic mass is 19.1. The van der Waals surface area contributed by atoms with Gasteiger partial charge in [0.1, 0.15) is 11.6 Å². The van der Waals surface area contributed by atoms with Crippen LogP contribution < -0.4 is 15.4 Å². The van der Waals surface area contributed by atoms with E-state index >= 15 is 0 Å². The zero-order valence-corrected chi connectivity index (χ0v) is 19.1. The van der Waals surface area contributed by atoms with Gasteiger partial charge >= 0.3 is 0 Å². The summed E-state index contributed by atoms with van der Waals surface area (Å²) in [5.74, 6) is 0.851. The number of nitrogens with one attached hydrogen (secondary N) is 2. The number of fused-ring (bicyclic) bond motifs is 1. The van der Waals surface area contributed by atoms with Crippen LogP contribution in [0.15, 0.2) is 84.9 Å². The lowest BCUT2D eigenvalue weighted by molar-refractivity contribution is -0.111. The lowest BCUT2D eigenvalue weighted by Gasteiger charge is -2.31. The Labute approximate surface area is 202 Å². The van der Waals surface area contributed by atoms with Crippen LogP contribution >= 0.6 is 0 Å². The summed E-state index contributed by atoms with van der Waals surface area (Å²) < 4.78 is 20.2. The average molecular weight is 470 g/mol. The Morgan fingerprint density at radius 3 is 2.51 bits per heavy atom. The van der Waals surface area contributed by atoms with Gasteiger partial charge in [-0.25, -0.2) is 9.07 Å². The van der Waals surface area contributed by atoms with Gasteiger partial charge in [0, 0.05) is 6.08 Å². The third-order valence-corrected chi connectivity index (χ3v) is 5.92. The standard InChI is InChI=1S/C27H24FN5O2/c1-35-22-14-10-20(11-15-22)24-17-23(19-5-3-2-4-6-19)29-27-31-26(32-33(24)27)30-25(34)16-9-18-7-12-21(28)13-8-18/h2-16,23-24H,17H2,1H3,(H2,29,30,31,32,34)/b16-9+/t23-,24+/m0/s1. The topological polar surface area (TPSA) is 81.1 Å². The van der Waals surface area contributed by atoms with E-state index in [0.717, 1.165) is 23.3 Å². The normalized spacial score (nSPS) is 17.0. The van der Waals surface area contributed by atoms with Gasteiger partial charge in [0.2, 0.25) is 5.95 Å². The molecule has 1 amide bonds. The zero-order valence-electron chi connectivity index (χ0n) is 19.1. The molecule has 1 aromatic heterocycles. The predicted molar refractivity (Wildman–Crippen MR) is 133 cm³/mol. The van der Waals surface area contributed by atoms with Crippen LogP contribution in [0, 0.1) is 5.82 Å². The summed E-state index contributed by atoms with van der Waals surface area (Å²) in [5, 5.41) is 10.8. The molecule has 0 bridgehead atoms. The van der Waals surface area contributed by atoms with Crippen LogP contribution in [0.1, 0.15) is 35.2 Å². The molecule has 0 unspecified atom stereocenters. The first-order valence-electron chi connectivity index (χ1n) is 11.3. The molecule has 1 aliphatic heterocycles. The van der Waals surface area contributed by atoms with Gasteiger partial charge in [0.25, 0.3) is 11.9 Å². The van der Waals surface area contributed by atoms with Crippen LogP contribution in [0.25, 0.3) is 6.08 Å². The van der Waals surface area contributed by atoms with Crippen LogP contribution in [0.2, 0.25) is 0 Å². The number of anilines is 2. The molecular weight excluding hydrogens is 445 g/mol. The number of methoxy groups -OCH3 is 1. The number of halogens is 1. The molecule has 8 heteroatoms. The summed E-state index contributed by atoms with van der Waals surface area (Å²) in [6.07, 6.45) is 3.73. The van der Waals surface area contributed by atoms with E-state index in [2.05, 4.69) is 32.8 Å². The second-order valence-electron chi connectivity index (χ2n) is 8.21. The zero-order chi connectivity index (χ0) is 24.2. The van der Waals surface area contributed by atoms with E-state index < -0.39 is 0 Å². The van der Waals surface area contributed by atoms with Gasteiger partial charge in [-0.05, 0) is 53.5 Å². The van der Waals surface area contributed by atoms with Crippen molar-refractivity contribution in [1.29, 1.82) is 0 Å². The van der Waals surface area contributed by atoms with Crippen molar-refractivity contribution >= 4 is 23.9 Å². The smallest absolute Gasteiger partial charge is 0.250 e. The molecule has 0 aliphatic carbocycles. The van der Waals surface area contributed by atoms with E-state index in [1.165, 1.54) is 18.2 Å². The number of carbonyl (C=O) groups is 1. The van der Waals surface area contributed by atoms with E-state index in [0.29, 0.717) is 11.5 Å². The summed E-state index contributed by atoms with van der Waals surface area (Å²) in [5.41, 5.74) is 2.92. The molecule has 3 aromatic carbocycles. The van der Waals surface area contributed by atoms with Crippen molar-refractivity contribution in [3.63, 3.8) is 0 Å². The first-order valence-corrected chi connectivity index (χ1v) is 11.3. The molecule has 5 rings (SSSR count). The van der Waals surface area contributed by atoms with E-state index in [-0.39, 0.29) is 29.8 Å². The maximum Gasteiger partial charge on any atom is 0.250 e. The number of aromatic nitrogens is 3. The molecule has 0 fully saturated rings. The van der Waals surface area contributed by atoms with Gasteiger partial charge in [-0.15, -0.1) is 5.10 Å². The van der Waals surface area contributed by atoms with Crippen molar-refractivity contribution in [2.24, 2.45) is 0 Å². The Kier molecular flexibility index (Phi) is 6.26. The summed E-state index contributed by atoms with van der Waals surface area (Å²) >= 11 is 0. The maximum atomic E-state index is 13.1. The minimum absolute atomic E-state index is 0.0296. The van der Waals surface area contributed by atoms with Crippen molar-refractivity contribution in [2.45, 2.75) is 18.5 Å². The minimum Gasteiger partial charge on any atom is -0.497 e. The molecule has 176 valence electrons. The molecule has 2 atom stereocenters. The van der Waals surface area contributed by atoms with Gasteiger partial charge in [-0.2, -0.15) is 4.98 Å². The first kappa shape index (κ1) is 22.3. The average Bonchev–Trinajstić information content (AvgIpc) is 3.30. The van der Waals surface area contributed by atoms with Crippen molar-refractivity contribution in [3.8, 4) is 5.75 Å². The van der Waals surface area contributed by atoms with Gasteiger partial charge < -0.3 is 10.1 Å². The van der Waals surface area contributed by atoms with E-state index in [9.17, 15) is 9.18 Å². The Morgan fingerprint density at radius 2 is 1.80 bits per heavy atom. The predicted octanol–water partition coefficient (Wildman–Crippen LogP) is 5.22. The first-order chi connectivity index (χ1) is 17.1. The highest BCUT2D eigenvalue weighted by Crippen LogP contribution is 2.38. The molecule has 0 radical (unpaired) electrons. The van der Waals surface area contributed by atoms with E-state index in [1.807, 2.05) is 42.5 Å². The molecule has 1 aliphatic rings. The summed E-state index contributed by atoms with van der Waals surface area (Å²) in [4.78, 5) is 17.0. The van der Waals surface area contributed by atoms with Crippen LogP contribution in [-0.2, 0) is 4.79 Å². The van der Waals surface area contributed by atoms with Gasteiger partial charge in [0.15, 0.2) is 0 Å². The van der Waals surface area contributed by atoms with Crippen molar-refractivity contribution in [3.05, 3.63) is 107 Å². The monoisotopic (exact) mass is 469 g/mol. The Bertz CT molecular complexity index is 1330. The fourth-order valence-electron chi connectivity index (χ4n) is 4.14. The fourth-order valence-corrected chi connectivity index (χ4v) is 4.14. The third-order valence-electron chi connectivity index (χ3n) is 5.92. The maximum absolute atomic E-state index is 13.1. The molecule has 2 heterocycles. The van der Waals surface area contributed by atoms with Gasteiger partial charge in [0.05, 0.1) is 19.2 Å². The lowest BCUT2D eigenvalue weighted by atomic mass is 9.93. The van der Waals surface area contributed by atoms with Crippen molar-refractivity contribution in [2.75, 3.05) is 17.7 Å². The fraction of sp³-hybridized carbons (Fsp3) is 0.148. The number of nitrogens with zero attached hydrogens (tertiary/aromatic N) is 3. The van der Waals surface area contributed by atoms with Gasteiger partial charge in [-0.3, -0.25) is 10.1 Å². The SMILES string of the molecule is COc1ccc([C@H]2C[C@@H](c3ccccc3)Nc3nc(NC(=O)/C=C/c4ccc(F)cc4)nn32)cc1. The Balaban J connectivity index is 1.40. The Hall–Kier alpha value is -4.46. The molecule has 35 heavy (non-hydrogen) atoms. The number of benzene rings is 3. The lowest BCUT2D eigenvalue weighted by Crippen LogP contribution is -2.28. The summed E-state index contributed by atoms with van der Waals surface area (Å²) in [7, 11) is 1.64. The summed E-state index contributed by atoms with van der Waals surface area (Å²) in [6.45, 7) is 0. The van der Waals surface area contributed by atoms with Crippen molar-refractivity contribution in [1.82, 2.24) is 14.8 Å². The molecule has 7 nitrogen and oxygen atoms in total. The number of hydrogen-bond acceptors (Lipinski definition) is 5. The summed E-state index contributed by atoms with van der Waals surface area (Å²) in [6, 6.07) is 23.9. The number of ether oxygens (including phenoxy) is 1. The molecule has 2 N–H and O–H groups in total. The Morgan fingerprint density at radius 1 is 1.06 bits per heavy atom. The second kappa shape index (κ2) is 9.80. The van der Waals surface area contributed by atoms with E-state index in [1.54, 1.807) is 30.0 Å². The molecular formula is C27H24FN5O2. The van der Waals surface area contributed by atoms with Crippen LogP contribution in [0.5, 0.6) is 5.75 Å². The molecule has 0 saturated heterocycles. The second-order valence-corrected chi connectivity index (χ2v) is 8.21. The van der Waals surface area contributed by atoms with Crippen LogP contribution in [-0.4, -0.2) is 27.8 Å². The largest absolute Gasteiger partial charge is 0.497 e. The number of carbonyl (C=O) groups excluding carboxylic acids is 1. The van der Waals surface area contributed by atoms with Crippen molar-refractivity contribution < 1.29 is 13.9 Å². The van der Waals surface area contributed by atoms with Crippen LogP contribution in [0.3, 0.4) is 0 Å². The van der Waals surface area contributed by atoms with Gasteiger partial charge in [-0.1, -0.05) is 54.6 Å². The highest BCUT2D eigenvalue weighted by Gasteiger charge is 2.31. The number of rotatable bonds is 6. The number of amides is 1. The third kappa shape index (κ3) is 5.06. The highest BCUT2D eigenvalue weighted by molar-refractivity contribution is 6.00. The van der Waals surface area contributed by atoms with E-state index in [4.69, 9.17) is 4.74 Å². The van der Waals surface area contributed by atoms with Crippen LogP contribution in [0.4, 0.5) is 16.3 Å². The number of hydrogen-bond donors (Lipinski definition) is 2.